The Hall–Kier alpha value is -2.55. The molecule has 0 aromatic heterocycles. The maximum atomic E-state index is 13.5. The van der Waals surface area contributed by atoms with Crippen molar-refractivity contribution in [2.45, 2.75) is 97.8 Å². The summed E-state index contributed by atoms with van der Waals surface area (Å²) in [5, 5.41) is 0. The van der Waals surface area contributed by atoms with E-state index in [9.17, 15) is 13.2 Å². The maximum absolute atomic E-state index is 13.5. The number of benzene rings is 3. The Balaban J connectivity index is 0.000000136. The summed E-state index contributed by atoms with van der Waals surface area (Å²) in [6.07, 6.45) is 6.66. The standard InChI is InChI=1S/C12H14F2.C12H15F.C12H16/c1-7(2)10-4-3-8-5-9(13)6-11(14)12(8)10;1-8(2)11-5-3-9-7-10(13)4-6-12(9)11;1-9(2)11-8-7-10-5-3-4-6-12(10)11/h5-7,10H,3-4H2,1-2H3;4,6-8,11H,3,5H2,1-2H3;3-6,9,11H,7-8H2,1-2H3. The Morgan fingerprint density at radius 3 is 1.69 bits per heavy atom. The second-order valence-corrected chi connectivity index (χ2v) is 12.7. The van der Waals surface area contributed by atoms with Crippen molar-refractivity contribution < 1.29 is 13.2 Å². The number of fused-ring (bicyclic) bond motifs is 3. The zero-order valence-electron chi connectivity index (χ0n) is 24.5. The molecule has 210 valence electrons. The second kappa shape index (κ2) is 12.7. The number of hydrogen-bond donors (Lipinski definition) is 0. The van der Waals surface area contributed by atoms with Crippen LogP contribution in [0, 0.1) is 35.2 Å². The van der Waals surface area contributed by atoms with Crippen LogP contribution in [0.25, 0.3) is 0 Å². The fourth-order valence-corrected chi connectivity index (χ4v) is 6.98. The summed E-state index contributed by atoms with van der Waals surface area (Å²) in [5.41, 5.74) is 7.39. The minimum Gasteiger partial charge on any atom is -0.207 e. The Morgan fingerprint density at radius 1 is 0.538 bits per heavy atom. The van der Waals surface area contributed by atoms with Gasteiger partial charge in [0.1, 0.15) is 17.5 Å². The molecule has 3 aromatic rings. The zero-order valence-corrected chi connectivity index (χ0v) is 24.5. The van der Waals surface area contributed by atoms with Crippen molar-refractivity contribution in [2.75, 3.05) is 0 Å². The molecule has 3 unspecified atom stereocenters. The van der Waals surface area contributed by atoms with Gasteiger partial charge in [0.25, 0.3) is 0 Å². The summed E-state index contributed by atoms with van der Waals surface area (Å²) in [6.45, 7) is 13.3. The summed E-state index contributed by atoms with van der Waals surface area (Å²) >= 11 is 0. The van der Waals surface area contributed by atoms with E-state index < -0.39 is 5.82 Å². The first-order valence-corrected chi connectivity index (χ1v) is 14.9. The quantitative estimate of drug-likeness (QED) is 0.313. The van der Waals surface area contributed by atoms with Crippen LogP contribution in [-0.2, 0) is 19.3 Å². The van der Waals surface area contributed by atoms with Crippen molar-refractivity contribution >= 4 is 0 Å². The van der Waals surface area contributed by atoms with Crippen LogP contribution >= 0.6 is 0 Å². The number of halogens is 3. The van der Waals surface area contributed by atoms with Gasteiger partial charge < -0.3 is 0 Å². The van der Waals surface area contributed by atoms with Gasteiger partial charge in [0.2, 0.25) is 0 Å². The summed E-state index contributed by atoms with van der Waals surface area (Å²) < 4.78 is 39.3. The number of aryl methyl sites for hydroxylation is 3. The van der Waals surface area contributed by atoms with Gasteiger partial charge in [0.15, 0.2) is 0 Å². The first-order chi connectivity index (χ1) is 18.6. The molecule has 0 saturated heterocycles. The molecule has 3 aliphatic carbocycles. The van der Waals surface area contributed by atoms with E-state index >= 15 is 0 Å². The molecule has 0 radical (unpaired) electrons. The van der Waals surface area contributed by atoms with Crippen molar-refractivity contribution in [3.05, 3.63) is 105 Å². The Labute approximate surface area is 234 Å². The Bertz CT molecular complexity index is 1260. The van der Waals surface area contributed by atoms with E-state index in [2.05, 4.69) is 65.8 Å². The summed E-state index contributed by atoms with van der Waals surface area (Å²) in [6, 6.07) is 16.6. The summed E-state index contributed by atoms with van der Waals surface area (Å²) in [5.74, 6) is 2.73. The fraction of sp³-hybridized carbons (Fsp3) is 0.500. The van der Waals surface area contributed by atoms with Crippen LogP contribution in [0.3, 0.4) is 0 Å². The topological polar surface area (TPSA) is 0 Å². The second-order valence-electron chi connectivity index (χ2n) is 12.7. The molecule has 3 atom stereocenters. The molecule has 39 heavy (non-hydrogen) atoms. The van der Waals surface area contributed by atoms with Crippen molar-refractivity contribution in [3.63, 3.8) is 0 Å². The monoisotopic (exact) mass is 534 g/mol. The minimum absolute atomic E-state index is 0.0943. The highest BCUT2D eigenvalue weighted by atomic mass is 19.1. The van der Waals surface area contributed by atoms with Gasteiger partial charge in [0, 0.05) is 6.07 Å². The molecule has 0 fully saturated rings. The number of rotatable bonds is 3. The molecule has 3 aromatic carbocycles. The fourth-order valence-electron chi connectivity index (χ4n) is 6.98. The highest BCUT2D eigenvalue weighted by Gasteiger charge is 2.29. The third-order valence-corrected chi connectivity index (χ3v) is 9.10. The van der Waals surface area contributed by atoms with Crippen LogP contribution in [-0.4, -0.2) is 0 Å². The molecular formula is C36H45F3. The van der Waals surface area contributed by atoms with Gasteiger partial charge in [-0.25, -0.2) is 13.2 Å². The number of hydrogen-bond acceptors (Lipinski definition) is 0. The van der Waals surface area contributed by atoms with Gasteiger partial charge in [-0.3, -0.25) is 0 Å². The Kier molecular flexibility index (Phi) is 9.62. The largest absolute Gasteiger partial charge is 0.207 e. The minimum atomic E-state index is -0.453. The maximum Gasteiger partial charge on any atom is 0.129 e. The van der Waals surface area contributed by atoms with E-state index in [1.54, 1.807) is 23.3 Å². The molecule has 0 N–H and O–H groups in total. The normalized spacial score (nSPS) is 20.8. The molecule has 0 amide bonds. The molecule has 0 spiro atoms. The van der Waals surface area contributed by atoms with Crippen LogP contribution in [0.15, 0.2) is 54.6 Å². The molecular weight excluding hydrogens is 489 g/mol. The molecule has 3 heteroatoms. The summed E-state index contributed by atoms with van der Waals surface area (Å²) in [7, 11) is 0. The van der Waals surface area contributed by atoms with Crippen LogP contribution in [0.5, 0.6) is 0 Å². The lowest BCUT2D eigenvalue weighted by Crippen LogP contribution is -2.04. The van der Waals surface area contributed by atoms with Gasteiger partial charge in [0.05, 0.1) is 0 Å². The van der Waals surface area contributed by atoms with Gasteiger partial charge in [-0.1, -0.05) is 71.9 Å². The van der Waals surface area contributed by atoms with Gasteiger partial charge in [-0.05, 0) is 126 Å². The average Bonchev–Trinajstić information content (AvgIpc) is 3.61. The van der Waals surface area contributed by atoms with E-state index in [4.69, 9.17) is 0 Å². The lowest BCUT2D eigenvalue weighted by molar-refractivity contribution is 0.473. The molecule has 6 rings (SSSR count). The molecule has 0 aliphatic heterocycles. The van der Waals surface area contributed by atoms with E-state index in [0.717, 1.165) is 48.3 Å². The van der Waals surface area contributed by atoms with E-state index in [0.29, 0.717) is 17.8 Å². The van der Waals surface area contributed by atoms with Gasteiger partial charge in [-0.2, -0.15) is 0 Å². The molecule has 3 aliphatic rings. The average molecular weight is 535 g/mol. The van der Waals surface area contributed by atoms with Gasteiger partial charge >= 0.3 is 0 Å². The van der Waals surface area contributed by atoms with Crippen molar-refractivity contribution in [3.8, 4) is 0 Å². The molecule has 0 saturated carbocycles. The van der Waals surface area contributed by atoms with Gasteiger partial charge in [-0.15, -0.1) is 0 Å². The predicted octanol–water partition coefficient (Wildman–Crippen LogP) is 10.5. The van der Waals surface area contributed by atoms with E-state index in [1.165, 1.54) is 36.5 Å². The molecule has 0 nitrogen and oxygen atoms in total. The van der Waals surface area contributed by atoms with Crippen LogP contribution in [0.2, 0.25) is 0 Å². The smallest absolute Gasteiger partial charge is 0.129 e. The van der Waals surface area contributed by atoms with Crippen molar-refractivity contribution in [1.82, 2.24) is 0 Å². The lowest BCUT2D eigenvalue weighted by atomic mass is 9.90. The first kappa shape index (κ1) is 29.4. The zero-order chi connectivity index (χ0) is 28.3. The van der Waals surface area contributed by atoms with Crippen LogP contribution < -0.4 is 0 Å². The highest BCUT2D eigenvalue weighted by Crippen LogP contribution is 2.40. The van der Waals surface area contributed by atoms with Crippen molar-refractivity contribution in [1.29, 1.82) is 0 Å². The third-order valence-electron chi connectivity index (χ3n) is 9.10. The SMILES string of the molecule is CC(C)C1CCc2cc(F)cc(F)c21.CC(C)C1CCc2cc(F)ccc21.CC(C)C1CCc2ccccc21. The van der Waals surface area contributed by atoms with Crippen LogP contribution in [0.4, 0.5) is 13.2 Å². The Morgan fingerprint density at radius 2 is 1.05 bits per heavy atom. The first-order valence-electron chi connectivity index (χ1n) is 14.9. The van der Waals surface area contributed by atoms with Crippen molar-refractivity contribution in [2.24, 2.45) is 17.8 Å². The summed E-state index contributed by atoms with van der Waals surface area (Å²) in [4.78, 5) is 0. The molecule has 0 bridgehead atoms. The lowest BCUT2D eigenvalue weighted by Gasteiger charge is -2.16. The third kappa shape index (κ3) is 6.79. The molecule has 0 heterocycles. The highest BCUT2D eigenvalue weighted by molar-refractivity contribution is 5.38. The van der Waals surface area contributed by atoms with Crippen LogP contribution in [0.1, 0.15) is 112 Å². The van der Waals surface area contributed by atoms with E-state index in [-0.39, 0.29) is 17.6 Å². The predicted molar refractivity (Wildman–Crippen MR) is 157 cm³/mol. The van der Waals surface area contributed by atoms with E-state index in [1.807, 2.05) is 6.07 Å².